The molecule has 2 aromatic carbocycles. The van der Waals surface area contributed by atoms with Crippen molar-refractivity contribution in [3.63, 3.8) is 0 Å². The number of carbonyl (C=O) groups is 3. The summed E-state index contributed by atoms with van der Waals surface area (Å²) in [5, 5.41) is 4.61. The summed E-state index contributed by atoms with van der Waals surface area (Å²) in [6.45, 7) is 4.08. The van der Waals surface area contributed by atoms with E-state index in [-0.39, 0.29) is 12.3 Å². The van der Waals surface area contributed by atoms with Crippen molar-refractivity contribution in [2.75, 3.05) is 31.5 Å². The van der Waals surface area contributed by atoms with Gasteiger partial charge in [0.15, 0.2) is 0 Å². The molecule has 0 saturated carbocycles. The number of amides is 3. The zero-order valence-corrected chi connectivity index (χ0v) is 19.5. The van der Waals surface area contributed by atoms with Gasteiger partial charge in [0.05, 0.1) is 0 Å². The normalized spacial score (nSPS) is 15.7. The first-order valence-corrected chi connectivity index (χ1v) is 11.4. The van der Waals surface area contributed by atoms with Crippen molar-refractivity contribution in [1.29, 1.82) is 0 Å². The highest BCUT2D eigenvalue weighted by Gasteiger charge is 2.41. The number of anilines is 1. The van der Waals surface area contributed by atoms with Gasteiger partial charge in [0.25, 0.3) is 0 Å². The zero-order valence-electron chi connectivity index (χ0n) is 19.5. The average molecular weight is 491 g/mol. The molecule has 1 unspecified atom stereocenters. The van der Waals surface area contributed by atoms with Gasteiger partial charge < -0.3 is 15.5 Å². The highest BCUT2D eigenvalue weighted by molar-refractivity contribution is 5.90. The first-order chi connectivity index (χ1) is 16.6. The van der Waals surface area contributed by atoms with Crippen LogP contribution in [0.5, 0.6) is 0 Å². The Morgan fingerprint density at radius 3 is 2.23 bits per heavy atom. The number of halogens is 3. The number of hydrogen-bond donors (Lipinski definition) is 2. The molecule has 0 aliphatic carbocycles. The lowest BCUT2D eigenvalue weighted by molar-refractivity contribution is -0.175. The van der Waals surface area contributed by atoms with Crippen molar-refractivity contribution in [3.8, 4) is 0 Å². The second kappa shape index (κ2) is 11.8. The average Bonchev–Trinajstić information content (AvgIpc) is 3.04. The molecular weight excluding hydrogens is 461 g/mol. The van der Waals surface area contributed by atoms with Crippen LogP contribution in [0.1, 0.15) is 24.5 Å². The lowest BCUT2D eigenvalue weighted by Gasteiger charge is -2.27. The van der Waals surface area contributed by atoms with Gasteiger partial charge in [-0.15, -0.1) is 0 Å². The predicted molar refractivity (Wildman–Crippen MR) is 125 cm³/mol. The number of nitrogens with zero attached hydrogens (tertiary/aromatic N) is 2. The van der Waals surface area contributed by atoms with Gasteiger partial charge in [0.2, 0.25) is 11.8 Å². The van der Waals surface area contributed by atoms with Crippen molar-refractivity contribution < 1.29 is 27.6 Å². The fraction of sp³-hybridized carbons (Fsp3) is 0.400. The van der Waals surface area contributed by atoms with Crippen LogP contribution in [-0.4, -0.2) is 65.9 Å². The van der Waals surface area contributed by atoms with Gasteiger partial charge in [-0.05, 0) is 29.7 Å². The fourth-order valence-electron chi connectivity index (χ4n) is 4.01. The first-order valence-electron chi connectivity index (χ1n) is 11.4. The molecule has 1 aliphatic rings. The van der Waals surface area contributed by atoms with Gasteiger partial charge in [-0.1, -0.05) is 42.5 Å². The molecular formula is C25H29F3N4O3. The highest BCUT2D eigenvalue weighted by atomic mass is 19.4. The molecule has 7 nitrogen and oxygen atoms in total. The predicted octanol–water partition coefficient (Wildman–Crippen LogP) is 2.97. The summed E-state index contributed by atoms with van der Waals surface area (Å²) >= 11 is 0. The third-order valence-electron chi connectivity index (χ3n) is 5.72. The molecule has 0 bridgehead atoms. The van der Waals surface area contributed by atoms with Crippen LogP contribution in [0.2, 0.25) is 0 Å². The summed E-state index contributed by atoms with van der Waals surface area (Å²) in [5.41, 5.74) is 2.41. The molecule has 3 rings (SSSR count). The maximum atomic E-state index is 13.2. The van der Waals surface area contributed by atoms with Crippen molar-refractivity contribution in [2.45, 2.75) is 38.5 Å². The molecule has 0 spiro atoms. The van der Waals surface area contributed by atoms with E-state index in [1.165, 1.54) is 11.8 Å². The van der Waals surface area contributed by atoms with Gasteiger partial charge in [0, 0.05) is 51.8 Å². The van der Waals surface area contributed by atoms with Crippen LogP contribution in [0.4, 0.5) is 18.9 Å². The number of alkyl halides is 3. The van der Waals surface area contributed by atoms with Crippen LogP contribution in [0.3, 0.4) is 0 Å². The van der Waals surface area contributed by atoms with E-state index in [4.69, 9.17) is 0 Å². The zero-order chi connectivity index (χ0) is 25.4. The Morgan fingerprint density at radius 1 is 0.914 bits per heavy atom. The lowest BCUT2D eigenvalue weighted by Crippen LogP contribution is -2.53. The van der Waals surface area contributed by atoms with Crippen LogP contribution in [0.15, 0.2) is 54.6 Å². The van der Waals surface area contributed by atoms with Crippen molar-refractivity contribution in [1.82, 2.24) is 15.1 Å². The van der Waals surface area contributed by atoms with Crippen LogP contribution in [0.25, 0.3) is 0 Å². The van der Waals surface area contributed by atoms with Crippen LogP contribution in [0, 0.1) is 0 Å². The van der Waals surface area contributed by atoms with E-state index in [1.807, 2.05) is 29.6 Å². The van der Waals surface area contributed by atoms with Gasteiger partial charge in [0.1, 0.15) is 6.04 Å². The summed E-state index contributed by atoms with van der Waals surface area (Å²) in [7, 11) is 0. The van der Waals surface area contributed by atoms with E-state index in [0.717, 1.165) is 12.1 Å². The number of rotatable bonds is 7. The Bertz CT molecular complexity index is 1010. The molecule has 1 heterocycles. The molecule has 1 saturated heterocycles. The second-order valence-corrected chi connectivity index (χ2v) is 8.55. The summed E-state index contributed by atoms with van der Waals surface area (Å²) in [4.78, 5) is 39.7. The van der Waals surface area contributed by atoms with E-state index in [9.17, 15) is 27.6 Å². The molecule has 1 fully saturated rings. The minimum Gasteiger partial charge on any atom is -0.340 e. The topological polar surface area (TPSA) is 81.8 Å². The molecule has 3 amide bonds. The number of carbonyl (C=O) groups excluding carboxylic acids is 3. The monoisotopic (exact) mass is 490 g/mol. The van der Waals surface area contributed by atoms with Crippen molar-refractivity contribution >= 4 is 23.4 Å². The summed E-state index contributed by atoms with van der Waals surface area (Å²) in [6, 6.07) is 14.8. The number of nitrogens with one attached hydrogen (secondary N) is 2. The fourth-order valence-corrected chi connectivity index (χ4v) is 4.01. The van der Waals surface area contributed by atoms with E-state index in [0.29, 0.717) is 43.9 Å². The molecule has 1 aliphatic heterocycles. The Morgan fingerprint density at radius 2 is 1.60 bits per heavy atom. The van der Waals surface area contributed by atoms with E-state index >= 15 is 0 Å². The lowest BCUT2D eigenvalue weighted by atomic mass is 10.0. The van der Waals surface area contributed by atoms with Crippen LogP contribution >= 0.6 is 0 Å². The van der Waals surface area contributed by atoms with Crippen LogP contribution in [-0.2, 0) is 27.3 Å². The van der Waals surface area contributed by atoms with Crippen molar-refractivity contribution in [2.24, 2.45) is 0 Å². The van der Waals surface area contributed by atoms with Gasteiger partial charge in [-0.3, -0.25) is 19.3 Å². The Kier molecular flexibility index (Phi) is 8.86. The smallest absolute Gasteiger partial charge is 0.340 e. The van der Waals surface area contributed by atoms with E-state index in [2.05, 4.69) is 10.2 Å². The Balaban J connectivity index is 1.63. The molecule has 0 radical (unpaired) electrons. The first kappa shape index (κ1) is 26.2. The third kappa shape index (κ3) is 8.10. The van der Waals surface area contributed by atoms with Gasteiger partial charge >= 0.3 is 12.1 Å². The van der Waals surface area contributed by atoms with E-state index < -0.39 is 24.0 Å². The largest absolute Gasteiger partial charge is 0.471 e. The molecule has 35 heavy (non-hydrogen) atoms. The van der Waals surface area contributed by atoms with E-state index in [1.54, 1.807) is 30.3 Å². The summed E-state index contributed by atoms with van der Waals surface area (Å²) < 4.78 is 38.7. The number of benzene rings is 2. The molecule has 1 atom stereocenters. The van der Waals surface area contributed by atoms with Gasteiger partial charge in [-0.2, -0.15) is 13.2 Å². The summed E-state index contributed by atoms with van der Waals surface area (Å²) in [5.74, 6) is -2.79. The molecule has 188 valence electrons. The second-order valence-electron chi connectivity index (χ2n) is 8.55. The minimum absolute atomic E-state index is 0.0254. The SMILES string of the molecule is CC(=O)Nc1ccc(CN2CCCN(C(=O)C(Cc3ccccc3)NC(=O)C(F)(F)F)CC2)cc1. The molecule has 10 heteroatoms. The standard InChI is InChI=1S/C25H29F3N4O3/c1-18(33)29-21-10-8-20(9-11-21)17-31-12-5-13-32(15-14-31)23(34)22(30-24(35)25(26,27)28)16-19-6-3-2-4-7-19/h2-4,6-11,22H,5,12-17H2,1H3,(H,29,33)(H,30,35). The van der Waals surface area contributed by atoms with Crippen molar-refractivity contribution in [3.05, 3.63) is 65.7 Å². The Labute approximate surface area is 202 Å². The third-order valence-corrected chi connectivity index (χ3v) is 5.72. The van der Waals surface area contributed by atoms with Gasteiger partial charge in [-0.25, -0.2) is 0 Å². The molecule has 2 N–H and O–H groups in total. The molecule has 0 aromatic heterocycles. The van der Waals surface area contributed by atoms with Crippen LogP contribution < -0.4 is 10.6 Å². The molecule has 2 aromatic rings. The summed E-state index contributed by atoms with van der Waals surface area (Å²) in [6.07, 6.45) is -4.44. The maximum absolute atomic E-state index is 13.2. The Hall–Kier alpha value is -3.40. The maximum Gasteiger partial charge on any atom is 0.471 e. The minimum atomic E-state index is -5.07. The quantitative estimate of drug-likeness (QED) is 0.626. The number of hydrogen-bond acceptors (Lipinski definition) is 4. The highest BCUT2D eigenvalue weighted by Crippen LogP contribution is 2.17.